The third-order valence-corrected chi connectivity index (χ3v) is 8.59. The summed E-state index contributed by atoms with van der Waals surface area (Å²) in [6.45, 7) is 7.02. The Morgan fingerprint density at radius 1 is 1.17 bits per heavy atom. The quantitative estimate of drug-likeness (QED) is 0.408. The van der Waals surface area contributed by atoms with E-state index in [9.17, 15) is 19.2 Å². The van der Waals surface area contributed by atoms with Gasteiger partial charge >= 0.3 is 6.03 Å². The van der Waals surface area contributed by atoms with Crippen LogP contribution in [0.4, 0.5) is 4.79 Å². The molecule has 214 valence electrons. The fourth-order valence-electron chi connectivity index (χ4n) is 6.44. The lowest BCUT2D eigenvalue weighted by molar-refractivity contribution is -0.142. The molecule has 0 saturated carbocycles. The maximum atomic E-state index is 13.8. The number of aryl methyl sites for hydroxylation is 1. The van der Waals surface area contributed by atoms with Crippen molar-refractivity contribution in [2.45, 2.75) is 65.0 Å². The SMILES string of the molecule is CC(C)(C)CN1Cc2c(cc(Cl)c3[nH]ncc23)C[C@@H](CC(=O)NN2C(=O)NC3(CCc4ccccc4C3)C2=O)C1=O. The van der Waals surface area contributed by atoms with Gasteiger partial charge in [0.25, 0.3) is 5.91 Å². The predicted octanol–water partition coefficient (Wildman–Crippen LogP) is 3.66. The zero-order chi connectivity index (χ0) is 29.1. The highest BCUT2D eigenvalue weighted by Crippen LogP contribution is 2.36. The number of fused-ring (bicyclic) bond motifs is 4. The summed E-state index contributed by atoms with van der Waals surface area (Å²) < 4.78 is 0. The smallest absolute Gasteiger partial charge is 0.338 e. The molecule has 1 aliphatic carbocycles. The lowest BCUT2D eigenvalue weighted by Crippen LogP contribution is -2.53. The van der Waals surface area contributed by atoms with Crippen LogP contribution in [-0.4, -0.2) is 55.9 Å². The molecule has 10 nitrogen and oxygen atoms in total. The van der Waals surface area contributed by atoms with Gasteiger partial charge in [0.1, 0.15) is 5.54 Å². The number of aromatic nitrogens is 2. The first-order chi connectivity index (χ1) is 19.4. The predicted molar refractivity (Wildman–Crippen MR) is 153 cm³/mol. The van der Waals surface area contributed by atoms with Crippen LogP contribution in [0.2, 0.25) is 5.02 Å². The van der Waals surface area contributed by atoms with E-state index in [1.54, 1.807) is 11.1 Å². The van der Waals surface area contributed by atoms with Crippen LogP contribution in [0.5, 0.6) is 0 Å². The summed E-state index contributed by atoms with van der Waals surface area (Å²) in [7, 11) is 0. The molecule has 3 aliphatic rings. The van der Waals surface area contributed by atoms with Gasteiger partial charge in [-0.25, -0.2) is 4.79 Å². The molecule has 2 atom stereocenters. The minimum absolute atomic E-state index is 0.156. The standard InChI is InChI=1S/C30H33ClN6O4/c1-29(2,3)16-36-15-22-19(11-23(31)25-21(22)14-32-34-25)10-20(26(36)39)12-24(38)35-37-27(40)30(33-28(37)41)9-8-17-6-4-5-7-18(17)13-30/h4-7,11,14,20H,8-10,12-13,15-16H2,1-3H3,(H,32,34)(H,33,41)(H,35,38)/t20-,30?/m0/s1. The van der Waals surface area contributed by atoms with Crippen molar-refractivity contribution in [3.05, 3.63) is 63.8 Å². The summed E-state index contributed by atoms with van der Waals surface area (Å²) in [5.74, 6) is -1.91. The molecule has 11 heteroatoms. The van der Waals surface area contributed by atoms with Crippen LogP contribution in [0, 0.1) is 11.3 Å². The van der Waals surface area contributed by atoms with E-state index in [2.05, 4.69) is 41.7 Å². The van der Waals surface area contributed by atoms with Gasteiger partial charge in [-0.2, -0.15) is 10.1 Å². The Kier molecular flexibility index (Phi) is 6.56. The number of hydrazine groups is 1. The maximum absolute atomic E-state index is 13.8. The largest absolute Gasteiger partial charge is 0.344 e. The lowest BCUT2D eigenvalue weighted by atomic mass is 9.78. The molecule has 1 saturated heterocycles. The number of nitrogens with one attached hydrogen (secondary N) is 3. The van der Waals surface area contributed by atoms with Crippen LogP contribution in [0.25, 0.3) is 10.9 Å². The Morgan fingerprint density at radius 3 is 2.68 bits per heavy atom. The van der Waals surface area contributed by atoms with Crippen LogP contribution in [0.15, 0.2) is 36.5 Å². The van der Waals surface area contributed by atoms with Crippen molar-refractivity contribution in [3.8, 4) is 0 Å². The second-order valence-electron chi connectivity index (χ2n) is 12.6. The van der Waals surface area contributed by atoms with E-state index in [4.69, 9.17) is 11.6 Å². The van der Waals surface area contributed by atoms with Gasteiger partial charge in [-0.05, 0) is 53.0 Å². The number of halogens is 1. The fraction of sp³-hybridized carbons (Fsp3) is 0.433. The van der Waals surface area contributed by atoms with Gasteiger partial charge in [0, 0.05) is 31.3 Å². The Morgan fingerprint density at radius 2 is 1.93 bits per heavy atom. The van der Waals surface area contributed by atoms with Gasteiger partial charge in [-0.1, -0.05) is 56.6 Å². The van der Waals surface area contributed by atoms with Crippen molar-refractivity contribution < 1.29 is 19.2 Å². The van der Waals surface area contributed by atoms with Gasteiger partial charge in [-0.3, -0.25) is 24.9 Å². The van der Waals surface area contributed by atoms with Crippen molar-refractivity contribution in [1.82, 2.24) is 30.8 Å². The summed E-state index contributed by atoms with van der Waals surface area (Å²) in [5, 5.41) is 12.0. The summed E-state index contributed by atoms with van der Waals surface area (Å²) in [4.78, 5) is 55.4. The van der Waals surface area contributed by atoms with E-state index < -0.39 is 29.3 Å². The van der Waals surface area contributed by atoms with Crippen molar-refractivity contribution in [2.75, 3.05) is 6.54 Å². The molecule has 0 radical (unpaired) electrons. The summed E-state index contributed by atoms with van der Waals surface area (Å²) >= 11 is 6.53. The van der Waals surface area contributed by atoms with Gasteiger partial charge in [0.05, 0.1) is 22.7 Å². The number of nitrogens with zero attached hydrogens (tertiary/aromatic N) is 3. The van der Waals surface area contributed by atoms with Gasteiger partial charge in [-0.15, -0.1) is 0 Å². The Balaban J connectivity index is 1.23. The number of H-pyrrole nitrogens is 1. The number of hydrogen-bond acceptors (Lipinski definition) is 5. The van der Waals surface area contributed by atoms with Crippen LogP contribution in [-0.2, 0) is 40.2 Å². The molecule has 3 aromatic rings. The molecule has 3 heterocycles. The van der Waals surface area contributed by atoms with Gasteiger partial charge < -0.3 is 10.2 Å². The van der Waals surface area contributed by atoms with Crippen LogP contribution in [0.1, 0.15) is 55.9 Å². The average molecular weight is 577 g/mol. The van der Waals surface area contributed by atoms with Gasteiger partial charge in [0.15, 0.2) is 0 Å². The number of rotatable bonds is 4. The van der Waals surface area contributed by atoms with Crippen LogP contribution in [0.3, 0.4) is 0 Å². The monoisotopic (exact) mass is 576 g/mol. The molecule has 1 aromatic heterocycles. The fourth-order valence-corrected chi connectivity index (χ4v) is 6.71. The summed E-state index contributed by atoms with van der Waals surface area (Å²) in [6.07, 6.45) is 3.28. The first-order valence-electron chi connectivity index (χ1n) is 13.9. The third kappa shape index (κ3) is 4.94. The normalized spacial score (nSPS) is 22.5. The van der Waals surface area contributed by atoms with E-state index in [0.29, 0.717) is 49.3 Å². The van der Waals surface area contributed by atoms with Crippen molar-refractivity contribution in [1.29, 1.82) is 0 Å². The number of urea groups is 1. The number of carbonyl (C=O) groups excluding carboxylic acids is 4. The van der Waals surface area contributed by atoms with E-state index in [-0.39, 0.29) is 17.7 Å². The highest BCUT2D eigenvalue weighted by molar-refractivity contribution is 6.35. The van der Waals surface area contributed by atoms with Gasteiger partial charge in [0.2, 0.25) is 11.8 Å². The van der Waals surface area contributed by atoms with E-state index >= 15 is 0 Å². The molecule has 5 amide bonds. The van der Waals surface area contributed by atoms with Crippen molar-refractivity contribution in [2.24, 2.45) is 11.3 Å². The topological polar surface area (TPSA) is 128 Å². The second-order valence-corrected chi connectivity index (χ2v) is 13.1. The molecular weight excluding hydrogens is 544 g/mol. The number of aromatic amines is 1. The van der Waals surface area contributed by atoms with Crippen LogP contribution < -0.4 is 10.7 Å². The van der Waals surface area contributed by atoms with E-state index in [1.807, 2.05) is 30.3 Å². The molecule has 1 unspecified atom stereocenters. The first-order valence-corrected chi connectivity index (χ1v) is 14.3. The molecule has 2 aliphatic heterocycles. The lowest BCUT2D eigenvalue weighted by Gasteiger charge is -2.32. The second kappa shape index (κ2) is 9.87. The number of amides is 5. The van der Waals surface area contributed by atoms with Crippen molar-refractivity contribution in [3.63, 3.8) is 0 Å². The third-order valence-electron chi connectivity index (χ3n) is 8.30. The molecule has 2 aromatic carbocycles. The number of benzene rings is 2. The molecule has 0 bridgehead atoms. The number of hydrogen-bond donors (Lipinski definition) is 3. The summed E-state index contributed by atoms with van der Waals surface area (Å²) in [5.41, 5.74) is 5.94. The number of carbonyl (C=O) groups is 4. The molecule has 41 heavy (non-hydrogen) atoms. The summed E-state index contributed by atoms with van der Waals surface area (Å²) in [6, 6.07) is 9.02. The van der Waals surface area contributed by atoms with E-state index in [1.165, 1.54) is 0 Å². The Hall–Kier alpha value is -3.92. The molecular formula is C30H33ClN6O4. The average Bonchev–Trinajstić information content (AvgIpc) is 3.45. The minimum atomic E-state index is -1.09. The number of imide groups is 1. The minimum Gasteiger partial charge on any atom is -0.338 e. The zero-order valence-corrected chi connectivity index (χ0v) is 24.1. The van der Waals surface area contributed by atoms with Crippen LogP contribution >= 0.6 is 11.6 Å². The first kappa shape index (κ1) is 27.3. The highest BCUT2D eigenvalue weighted by Gasteiger charge is 2.53. The molecule has 6 rings (SSSR count). The maximum Gasteiger partial charge on any atom is 0.344 e. The molecule has 1 fully saturated rings. The highest BCUT2D eigenvalue weighted by atomic mass is 35.5. The Labute approximate surface area is 242 Å². The zero-order valence-electron chi connectivity index (χ0n) is 23.3. The Bertz CT molecular complexity index is 1590. The van der Waals surface area contributed by atoms with Crippen molar-refractivity contribution >= 4 is 46.3 Å². The van der Waals surface area contributed by atoms with E-state index in [0.717, 1.165) is 32.6 Å². The molecule has 3 N–H and O–H groups in total. The molecule has 1 spiro atoms.